The molecule has 0 aliphatic carbocycles. The molecule has 1 N–H and O–H groups in total. The first-order valence-electron chi connectivity index (χ1n) is 3.32. The Morgan fingerprint density at radius 2 is 2.36 bits per heavy atom. The van der Waals surface area contributed by atoms with Crippen LogP contribution in [0.5, 0.6) is 0 Å². The Hall–Kier alpha value is -1.58. The van der Waals surface area contributed by atoms with E-state index in [1.807, 2.05) is 0 Å². The molecule has 0 spiro atoms. The van der Waals surface area contributed by atoms with Crippen LogP contribution in [0.15, 0.2) is 29.3 Å². The average molecular weight is 149 g/mol. The van der Waals surface area contributed by atoms with Gasteiger partial charge in [0.05, 0.1) is 12.6 Å². The second kappa shape index (κ2) is 2.57. The van der Waals surface area contributed by atoms with Gasteiger partial charge in [0.15, 0.2) is 0 Å². The van der Waals surface area contributed by atoms with Gasteiger partial charge in [-0.15, -0.1) is 0 Å². The number of oxazole rings is 1. The predicted molar refractivity (Wildman–Crippen MR) is 37.9 cm³/mol. The van der Waals surface area contributed by atoms with Crippen LogP contribution >= 0.6 is 0 Å². The van der Waals surface area contributed by atoms with Crippen molar-refractivity contribution in [2.75, 3.05) is 0 Å². The van der Waals surface area contributed by atoms with E-state index >= 15 is 0 Å². The molecule has 56 valence electrons. The van der Waals surface area contributed by atoms with Crippen molar-refractivity contribution in [2.24, 2.45) is 0 Å². The fourth-order valence-corrected chi connectivity index (χ4v) is 0.878. The van der Waals surface area contributed by atoms with Crippen molar-refractivity contribution in [3.63, 3.8) is 0 Å². The molecule has 0 fully saturated rings. The van der Waals surface area contributed by atoms with Crippen molar-refractivity contribution in [1.29, 1.82) is 0 Å². The van der Waals surface area contributed by atoms with Crippen LogP contribution in [0.1, 0.15) is 11.7 Å². The van der Waals surface area contributed by atoms with Crippen LogP contribution in [0.4, 0.5) is 0 Å². The van der Waals surface area contributed by atoms with E-state index in [-0.39, 0.29) is 0 Å². The highest BCUT2D eigenvalue weighted by Gasteiger charge is 2.00. The second-order valence-corrected chi connectivity index (χ2v) is 2.14. The number of hydrogen-bond acceptors (Lipinski definition) is 3. The Balaban J connectivity index is 2.14. The van der Waals surface area contributed by atoms with Crippen LogP contribution in [0.3, 0.4) is 0 Å². The van der Waals surface area contributed by atoms with E-state index < -0.39 is 0 Å². The molecule has 11 heavy (non-hydrogen) atoms. The van der Waals surface area contributed by atoms with E-state index in [1.54, 1.807) is 24.9 Å². The van der Waals surface area contributed by atoms with Crippen LogP contribution in [0, 0.1) is 0 Å². The number of aromatic amines is 1. The largest absolute Gasteiger partial charge is 0.449 e. The van der Waals surface area contributed by atoms with Gasteiger partial charge in [-0.2, -0.15) is 0 Å². The zero-order valence-electron chi connectivity index (χ0n) is 5.82. The maximum absolute atomic E-state index is 5.04. The minimum Gasteiger partial charge on any atom is -0.449 e. The minimum absolute atomic E-state index is 0.625. The molecule has 4 nitrogen and oxygen atoms in total. The van der Waals surface area contributed by atoms with Crippen molar-refractivity contribution in [1.82, 2.24) is 15.0 Å². The molecule has 0 aromatic carbocycles. The molecule has 2 heterocycles. The van der Waals surface area contributed by atoms with Crippen molar-refractivity contribution in [3.8, 4) is 0 Å². The van der Waals surface area contributed by atoms with Crippen molar-refractivity contribution < 1.29 is 4.42 Å². The van der Waals surface area contributed by atoms with Gasteiger partial charge >= 0.3 is 0 Å². The van der Waals surface area contributed by atoms with E-state index in [2.05, 4.69) is 15.0 Å². The summed E-state index contributed by atoms with van der Waals surface area (Å²) in [6, 6.07) is 0. The van der Waals surface area contributed by atoms with Crippen LogP contribution in [-0.2, 0) is 6.42 Å². The summed E-state index contributed by atoms with van der Waals surface area (Å²) in [5, 5.41) is 0. The standard InChI is InChI=1S/C7H7N3O/c1-2-9-6(8-1)5-7-10-3-4-11-7/h1-4H,5H2,(H,8,9). The summed E-state index contributed by atoms with van der Waals surface area (Å²) < 4.78 is 5.04. The number of H-pyrrole nitrogens is 1. The Labute approximate surface area is 63.3 Å². The second-order valence-electron chi connectivity index (χ2n) is 2.14. The maximum atomic E-state index is 5.04. The average Bonchev–Trinajstić information content (AvgIpc) is 2.60. The minimum atomic E-state index is 0.625. The molecule has 4 heteroatoms. The van der Waals surface area contributed by atoms with Gasteiger partial charge in [0, 0.05) is 12.4 Å². The molecule has 0 radical (unpaired) electrons. The molecule has 2 aromatic rings. The van der Waals surface area contributed by atoms with E-state index in [4.69, 9.17) is 4.42 Å². The Kier molecular flexibility index (Phi) is 1.44. The summed E-state index contributed by atoms with van der Waals surface area (Å²) in [6.45, 7) is 0. The lowest BCUT2D eigenvalue weighted by molar-refractivity contribution is 0.503. The first-order chi connectivity index (χ1) is 5.45. The highest BCUT2D eigenvalue weighted by Crippen LogP contribution is 2.00. The normalized spacial score (nSPS) is 10.2. The number of aromatic nitrogens is 3. The highest BCUT2D eigenvalue weighted by atomic mass is 16.3. The number of imidazole rings is 1. The van der Waals surface area contributed by atoms with Gasteiger partial charge < -0.3 is 9.40 Å². The lowest BCUT2D eigenvalue weighted by Gasteiger charge is -1.88. The number of nitrogens with zero attached hydrogens (tertiary/aromatic N) is 2. The summed E-state index contributed by atoms with van der Waals surface area (Å²) in [5.74, 6) is 1.55. The Morgan fingerprint density at radius 1 is 1.36 bits per heavy atom. The molecular formula is C7H7N3O. The Bertz CT molecular complexity index is 266. The smallest absolute Gasteiger partial charge is 0.201 e. The van der Waals surface area contributed by atoms with Crippen molar-refractivity contribution >= 4 is 0 Å². The van der Waals surface area contributed by atoms with Crippen LogP contribution in [0.25, 0.3) is 0 Å². The zero-order chi connectivity index (χ0) is 7.52. The van der Waals surface area contributed by atoms with E-state index in [0.29, 0.717) is 12.3 Å². The molecule has 0 aliphatic rings. The fraction of sp³-hybridized carbons (Fsp3) is 0.143. The lowest BCUT2D eigenvalue weighted by atomic mass is 10.4. The SMILES string of the molecule is c1c[nH]c(Cc2ncco2)n1. The molecule has 0 bridgehead atoms. The maximum Gasteiger partial charge on any atom is 0.201 e. The fourth-order valence-electron chi connectivity index (χ4n) is 0.878. The van der Waals surface area contributed by atoms with Gasteiger partial charge in [-0.3, -0.25) is 0 Å². The quantitative estimate of drug-likeness (QED) is 0.692. The molecule has 0 saturated carbocycles. The van der Waals surface area contributed by atoms with E-state index in [0.717, 1.165) is 5.82 Å². The van der Waals surface area contributed by atoms with Crippen molar-refractivity contribution in [2.45, 2.75) is 6.42 Å². The number of rotatable bonds is 2. The van der Waals surface area contributed by atoms with Gasteiger partial charge in [-0.1, -0.05) is 0 Å². The van der Waals surface area contributed by atoms with Crippen molar-refractivity contribution in [3.05, 3.63) is 36.6 Å². The van der Waals surface area contributed by atoms with Gasteiger partial charge in [0.25, 0.3) is 0 Å². The molecule has 2 aromatic heterocycles. The molecule has 0 amide bonds. The summed E-state index contributed by atoms with van der Waals surface area (Å²) in [6.07, 6.45) is 7.28. The first kappa shape index (κ1) is 6.15. The lowest BCUT2D eigenvalue weighted by Crippen LogP contribution is -1.89. The highest BCUT2D eigenvalue weighted by molar-refractivity contribution is 4.96. The number of nitrogens with one attached hydrogen (secondary N) is 1. The van der Waals surface area contributed by atoms with Crippen LogP contribution < -0.4 is 0 Å². The molecule has 0 unspecified atom stereocenters. The van der Waals surface area contributed by atoms with Gasteiger partial charge in [-0.05, 0) is 0 Å². The molecular weight excluding hydrogens is 142 g/mol. The third kappa shape index (κ3) is 1.29. The Morgan fingerprint density at radius 3 is 3.00 bits per heavy atom. The zero-order valence-corrected chi connectivity index (χ0v) is 5.82. The van der Waals surface area contributed by atoms with Crippen LogP contribution in [0.2, 0.25) is 0 Å². The molecule has 0 aliphatic heterocycles. The summed E-state index contributed by atoms with van der Waals surface area (Å²) in [4.78, 5) is 11.0. The number of hydrogen-bond donors (Lipinski definition) is 1. The van der Waals surface area contributed by atoms with E-state index in [9.17, 15) is 0 Å². The topological polar surface area (TPSA) is 54.7 Å². The summed E-state index contributed by atoms with van der Waals surface area (Å²) in [5.41, 5.74) is 0. The van der Waals surface area contributed by atoms with Gasteiger partial charge in [0.2, 0.25) is 5.89 Å². The monoisotopic (exact) mass is 149 g/mol. The van der Waals surface area contributed by atoms with E-state index in [1.165, 1.54) is 0 Å². The molecule has 0 atom stereocenters. The van der Waals surface area contributed by atoms with Gasteiger partial charge in [-0.25, -0.2) is 9.97 Å². The van der Waals surface area contributed by atoms with Gasteiger partial charge in [0.1, 0.15) is 12.1 Å². The third-order valence-corrected chi connectivity index (χ3v) is 1.36. The first-order valence-corrected chi connectivity index (χ1v) is 3.32. The van der Waals surface area contributed by atoms with Crippen LogP contribution in [-0.4, -0.2) is 15.0 Å². The molecule has 0 saturated heterocycles. The summed E-state index contributed by atoms with van der Waals surface area (Å²) in [7, 11) is 0. The third-order valence-electron chi connectivity index (χ3n) is 1.36. The summed E-state index contributed by atoms with van der Waals surface area (Å²) >= 11 is 0. The molecule has 2 rings (SSSR count). The predicted octanol–water partition coefficient (Wildman–Crippen LogP) is 0.988.